The van der Waals surface area contributed by atoms with E-state index in [9.17, 15) is 45.6 Å². The highest BCUT2D eigenvalue weighted by molar-refractivity contribution is 5.76. The Hall–Kier alpha value is -1.79. The number of nitrogens with one attached hydrogen (secondary N) is 1. The predicted octanol–water partition coefficient (Wildman–Crippen LogP) is 11.4. The van der Waals surface area contributed by atoms with Crippen LogP contribution in [0.15, 0.2) is 36.5 Å². The maximum absolute atomic E-state index is 13.3. The summed E-state index contributed by atoms with van der Waals surface area (Å²) in [4.78, 5) is 13.3. The van der Waals surface area contributed by atoms with E-state index in [0.717, 1.165) is 70.6 Å². The van der Waals surface area contributed by atoms with E-state index in [1.807, 2.05) is 0 Å². The summed E-state index contributed by atoms with van der Waals surface area (Å²) in [6.45, 7) is 2.87. The van der Waals surface area contributed by atoms with Crippen molar-refractivity contribution in [1.29, 1.82) is 0 Å². The van der Waals surface area contributed by atoms with Crippen molar-refractivity contribution in [3.63, 3.8) is 0 Å². The first-order valence-corrected chi connectivity index (χ1v) is 31.7. The molecule has 2 aliphatic heterocycles. The van der Waals surface area contributed by atoms with Crippen LogP contribution in [0.25, 0.3) is 0 Å². The van der Waals surface area contributed by atoms with Crippen LogP contribution in [0.1, 0.15) is 264 Å². The fourth-order valence-corrected chi connectivity index (χ4v) is 10.5. The number of hydrogen-bond acceptors (Lipinski definition) is 13. The number of aliphatic hydroxyl groups is 8. The molecule has 12 atom stereocenters. The van der Waals surface area contributed by atoms with E-state index >= 15 is 0 Å². The Labute approximate surface area is 468 Å². The molecule has 77 heavy (non-hydrogen) atoms. The molecule has 14 heteroatoms. The Morgan fingerprint density at radius 1 is 0.468 bits per heavy atom. The molecule has 0 aromatic rings. The monoisotopic (exact) mass is 1100 g/mol. The van der Waals surface area contributed by atoms with Gasteiger partial charge < -0.3 is 65.1 Å². The van der Waals surface area contributed by atoms with Gasteiger partial charge in [-0.1, -0.05) is 243 Å². The summed E-state index contributed by atoms with van der Waals surface area (Å²) >= 11 is 0. The van der Waals surface area contributed by atoms with E-state index in [1.165, 1.54) is 167 Å². The molecule has 0 aromatic heterocycles. The van der Waals surface area contributed by atoms with Gasteiger partial charge in [0.15, 0.2) is 12.6 Å². The lowest BCUT2D eigenvalue weighted by Crippen LogP contribution is -2.65. The van der Waals surface area contributed by atoms with E-state index in [4.69, 9.17) is 18.9 Å². The average Bonchev–Trinajstić information content (AvgIpc) is 3.44. The van der Waals surface area contributed by atoms with Crippen LogP contribution >= 0.6 is 0 Å². The van der Waals surface area contributed by atoms with Crippen LogP contribution in [-0.4, -0.2) is 140 Å². The SMILES string of the molecule is CCCCCCC/C=C\C/C=C\C/C=C\CCCCCCCCCCCCC(=O)NC(COC1OC(CO)C(OC2OC(CO)C(O)C(O)C2O)C(O)C1O)C(O)CCCCCCCCCCCCCCCCCCCC. The van der Waals surface area contributed by atoms with Crippen molar-refractivity contribution in [2.75, 3.05) is 19.8 Å². The third-order valence-electron chi connectivity index (χ3n) is 15.6. The van der Waals surface area contributed by atoms with E-state index in [1.54, 1.807) is 0 Å². The van der Waals surface area contributed by atoms with Gasteiger partial charge in [0.1, 0.15) is 48.8 Å². The Bertz CT molecular complexity index is 1430. The van der Waals surface area contributed by atoms with Crippen LogP contribution < -0.4 is 5.32 Å². The van der Waals surface area contributed by atoms with E-state index < -0.39 is 86.8 Å². The molecule has 12 unspecified atom stereocenters. The first-order valence-electron chi connectivity index (χ1n) is 31.7. The van der Waals surface area contributed by atoms with Crippen molar-refractivity contribution in [2.24, 2.45) is 0 Å². The zero-order valence-electron chi connectivity index (χ0n) is 48.7. The van der Waals surface area contributed by atoms with E-state index in [2.05, 4.69) is 55.6 Å². The minimum Gasteiger partial charge on any atom is -0.394 e. The summed E-state index contributed by atoms with van der Waals surface area (Å²) in [5.74, 6) is -0.209. The summed E-state index contributed by atoms with van der Waals surface area (Å²) in [5.41, 5.74) is 0. The normalized spacial score (nSPS) is 24.9. The van der Waals surface area contributed by atoms with Crippen molar-refractivity contribution in [3.05, 3.63) is 36.5 Å². The van der Waals surface area contributed by atoms with Gasteiger partial charge in [-0.3, -0.25) is 4.79 Å². The molecule has 2 fully saturated rings. The summed E-state index contributed by atoms with van der Waals surface area (Å²) in [6.07, 6.45) is 42.8. The summed E-state index contributed by atoms with van der Waals surface area (Å²) in [6, 6.07) is -0.831. The van der Waals surface area contributed by atoms with Gasteiger partial charge in [-0.15, -0.1) is 0 Å². The van der Waals surface area contributed by atoms with Crippen molar-refractivity contribution < 1.29 is 64.6 Å². The molecular formula is C63H117NO13. The Morgan fingerprint density at radius 2 is 0.857 bits per heavy atom. The number of rotatable bonds is 51. The van der Waals surface area contributed by atoms with Crippen molar-refractivity contribution in [3.8, 4) is 0 Å². The Balaban J connectivity index is 1.72. The zero-order valence-corrected chi connectivity index (χ0v) is 48.7. The van der Waals surface area contributed by atoms with Crippen LogP contribution in [0, 0.1) is 0 Å². The van der Waals surface area contributed by atoms with Gasteiger partial charge >= 0.3 is 0 Å². The highest BCUT2D eigenvalue weighted by Gasteiger charge is 2.51. The summed E-state index contributed by atoms with van der Waals surface area (Å²) < 4.78 is 22.9. The lowest BCUT2D eigenvalue weighted by Gasteiger charge is -2.46. The molecule has 0 aromatic carbocycles. The third-order valence-corrected chi connectivity index (χ3v) is 15.6. The maximum Gasteiger partial charge on any atom is 0.220 e. The predicted molar refractivity (Wildman–Crippen MR) is 309 cm³/mol. The van der Waals surface area contributed by atoms with Gasteiger partial charge in [-0.2, -0.15) is 0 Å². The number of amides is 1. The first kappa shape index (κ1) is 71.3. The number of carbonyl (C=O) groups is 1. The largest absolute Gasteiger partial charge is 0.394 e. The number of unbranched alkanes of at least 4 members (excludes halogenated alkanes) is 32. The summed E-state index contributed by atoms with van der Waals surface area (Å²) in [7, 11) is 0. The second-order valence-electron chi connectivity index (χ2n) is 22.5. The van der Waals surface area contributed by atoms with Gasteiger partial charge in [-0.25, -0.2) is 0 Å². The molecule has 2 saturated heterocycles. The quantitative estimate of drug-likeness (QED) is 0.0204. The second-order valence-corrected chi connectivity index (χ2v) is 22.5. The average molecular weight is 1100 g/mol. The standard InChI is InChI=1S/C63H117NO13/c1-3-5-7-9-11-13-15-17-19-21-23-24-25-26-27-28-29-31-33-35-37-39-41-43-45-47-55(68)64-51(52(67)46-44-42-40-38-36-34-32-30-22-20-18-16-14-12-10-8-6-4-2)50-74-62-60(73)58(71)61(54(49-66)76-62)77-63-59(72)57(70)56(69)53(48-65)75-63/h15,17,21,23,25-26,51-54,56-63,65-67,69-73H,3-14,16,18-20,22,24,27-50H2,1-2H3,(H,64,68)/b17-15-,23-21-,26-25-. The maximum atomic E-state index is 13.3. The van der Waals surface area contributed by atoms with Gasteiger partial charge in [0, 0.05) is 6.42 Å². The fourth-order valence-electron chi connectivity index (χ4n) is 10.5. The summed E-state index contributed by atoms with van der Waals surface area (Å²) in [5, 5.41) is 87.4. The lowest BCUT2D eigenvalue weighted by atomic mass is 9.97. The van der Waals surface area contributed by atoms with Crippen molar-refractivity contribution in [1.82, 2.24) is 5.32 Å². The molecule has 14 nitrogen and oxygen atoms in total. The minimum atomic E-state index is -1.78. The van der Waals surface area contributed by atoms with Crippen LogP contribution in [0.5, 0.6) is 0 Å². The van der Waals surface area contributed by atoms with Crippen molar-refractivity contribution >= 4 is 5.91 Å². The highest BCUT2D eigenvalue weighted by Crippen LogP contribution is 2.30. The molecule has 2 heterocycles. The number of aliphatic hydroxyl groups excluding tert-OH is 8. The molecule has 0 saturated carbocycles. The molecule has 2 aliphatic rings. The highest BCUT2D eigenvalue weighted by atomic mass is 16.7. The van der Waals surface area contributed by atoms with Crippen LogP contribution in [0.2, 0.25) is 0 Å². The van der Waals surface area contributed by atoms with Gasteiger partial charge in [0.25, 0.3) is 0 Å². The molecule has 0 aliphatic carbocycles. The van der Waals surface area contributed by atoms with Gasteiger partial charge in [0.2, 0.25) is 5.91 Å². The fraction of sp³-hybridized carbons (Fsp3) is 0.889. The molecular weight excluding hydrogens is 979 g/mol. The molecule has 1 amide bonds. The van der Waals surface area contributed by atoms with E-state index in [0.29, 0.717) is 12.8 Å². The van der Waals surface area contributed by atoms with Crippen molar-refractivity contribution in [2.45, 2.75) is 338 Å². The lowest BCUT2D eigenvalue weighted by molar-refractivity contribution is -0.359. The first-order chi connectivity index (χ1) is 37.6. The van der Waals surface area contributed by atoms with Crippen LogP contribution in [-0.2, 0) is 23.7 Å². The minimum absolute atomic E-state index is 0.209. The molecule has 0 radical (unpaired) electrons. The van der Waals surface area contributed by atoms with Crippen LogP contribution in [0.3, 0.4) is 0 Å². The topological polar surface area (TPSA) is 228 Å². The molecule has 0 bridgehead atoms. The van der Waals surface area contributed by atoms with Gasteiger partial charge in [0.05, 0.1) is 32.0 Å². The number of hydrogen-bond donors (Lipinski definition) is 9. The van der Waals surface area contributed by atoms with Crippen LogP contribution in [0.4, 0.5) is 0 Å². The number of carbonyl (C=O) groups excluding carboxylic acids is 1. The molecule has 2 rings (SSSR count). The number of ether oxygens (including phenoxy) is 4. The zero-order chi connectivity index (χ0) is 56.0. The third kappa shape index (κ3) is 34.3. The molecule has 9 N–H and O–H groups in total. The molecule has 452 valence electrons. The Morgan fingerprint density at radius 3 is 1.31 bits per heavy atom. The van der Waals surface area contributed by atoms with Gasteiger partial charge in [-0.05, 0) is 51.4 Å². The second kappa shape index (κ2) is 48.9. The molecule has 0 spiro atoms. The number of allylic oxidation sites excluding steroid dienone is 6. The van der Waals surface area contributed by atoms with E-state index in [-0.39, 0.29) is 12.5 Å². The Kier molecular flexibility index (Phi) is 45.3. The smallest absolute Gasteiger partial charge is 0.220 e.